The Balaban J connectivity index is 1.38. The molecular weight excluding hydrogens is 528 g/mol. The SMILES string of the molecule is N#C[C@@H](C[C@@H]1CCCNC1=O)NC(=O)[C@H]1[C@H]2CC[C@H](CC2(F)F)N1C(=O)[C@@H](CC1CC1)Nc1cccc(Cl)c1. The van der Waals surface area contributed by atoms with Crippen LogP contribution in [0.15, 0.2) is 24.3 Å². The van der Waals surface area contributed by atoms with Gasteiger partial charge >= 0.3 is 0 Å². The fraction of sp³-hybridized carbons (Fsp3) is 0.643. The van der Waals surface area contributed by atoms with Crippen molar-refractivity contribution < 1.29 is 23.2 Å². The first-order chi connectivity index (χ1) is 18.7. The number of nitriles is 1. The fourth-order valence-corrected chi connectivity index (χ4v) is 6.63. The van der Waals surface area contributed by atoms with Crippen molar-refractivity contribution in [3.63, 3.8) is 0 Å². The van der Waals surface area contributed by atoms with Crippen LogP contribution in [0.2, 0.25) is 5.02 Å². The van der Waals surface area contributed by atoms with Crippen LogP contribution in [0.3, 0.4) is 0 Å². The van der Waals surface area contributed by atoms with Crippen molar-refractivity contribution in [2.45, 2.75) is 87.9 Å². The Kier molecular flexibility index (Phi) is 7.99. The highest BCUT2D eigenvalue weighted by Crippen LogP contribution is 2.49. The molecule has 5 fully saturated rings. The zero-order chi connectivity index (χ0) is 27.7. The smallest absolute Gasteiger partial charge is 0.255 e. The maximum absolute atomic E-state index is 15.1. The molecule has 2 bridgehead atoms. The summed E-state index contributed by atoms with van der Waals surface area (Å²) in [4.78, 5) is 41.3. The predicted molar refractivity (Wildman–Crippen MR) is 141 cm³/mol. The van der Waals surface area contributed by atoms with Crippen LogP contribution >= 0.6 is 11.6 Å². The van der Waals surface area contributed by atoms with E-state index < -0.39 is 54.3 Å². The molecular formula is C28H34ClF2N5O3. The second-order valence-electron chi connectivity index (χ2n) is 11.4. The van der Waals surface area contributed by atoms with Gasteiger partial charge in [0.25, 0.3) is 5.92 Å². The van der Waals surface area contributed by atoms with Crippen LogP contribution in [0.1, 0.15) is 57.8 Å². The van der Waals surface area contributed by atoms with Gasteiger partial charge in [0.2, 0.25) is 17.7 Å². The molecule has 6 rings (SSSR count). The standard InChI is InChI=1S/C28H34ClF2N5O3/c29-18-4-1-5-19(13-18)34-23(11-16-6-7-16)27(39)36-21-8-9-22(28(30,31)14-21)24(36)26(38)35-20(15-32)12-17-3-2-10-33-25(17)37/h1,4-5,13,16-17,20-24,34H,2-3,6-12,14H2,(H,33,37)(H,35,38)/t17-,20+,21+,22+,23+,24+/m0/s1. The molecule has 39 heavy (non-hydrogen) atoms. The number of carbonyl (C=O) groups excluding carboxylic acids is 3. The summed E-state index contributed by atoms with van der Waals surface area (Å²) in [6.07, 6.45) is 4.01. The largest absolute Gasteiger partial charge is 0.374 e. The lowest BCUT2D eigenvalue weighted by molar-refractivity contribution is -0.194. The van der Waals surface area contributed by atoms with Crippen molar-refractivity contribution in [2.75, 3.05) is 11.9 Å². The van der Waals surface area contributed by atoms with Gasteiger partial charge in [-0.15, -0.1) is 0 Å². The molecule has 3 heterocycles. The Morgan fingerprint density at radius 1 is 1.21 bits per heavy atom. The molecule has 8 nitrogen and oxygen atoms in total. The Morgan fingerprint density at radius 2 is 2.00 bits per heavy atom. The topological polar surface area (TPSA) is 114 Å². The number of benzene rings is 1. The van der Waals surface area contributed by atoms with Crippen molar-refractivity contribution in [1.82, 2.24) is 15.5 Å². The van der Waals surface area contributed by atoms with Gasteiger partial charge in [-0.3, -0.25) is 14.4 Å². The molecule has 3 aliphatic heterocycles. The highest BCUT2D eigenvalue weighted by atomic mass is 35.5. The number of halogens is 3. The van der Waals surface area contributed by atoms with Gasteiger partial charge in [-0.05, 0) is 62.6 Å². The molecule has 0 unspecified atom stereocenters. The summed E-state index contributed by atoms with van der Waals surface area (Å²) >= 11 is 6.14. The van der Waals surface area contributed by atoms with Crippen molar-refractivity contribution >= 4 is 35.0 Å². The number of rotatable bonds is 9. The molecule has 0 spiro atoms. The van der Waals surface area contributed by atoms with E-state index in [4.69, 9.17) is 11.6 Å². The van der Waals surface area contributed by atoms with Gasteiger partial charge in [0, 0.05) is 35.6 Å². The number of alkyl halides is 2. The van der Waals surface area contributed by atoms with Crippen LogP contribution in [-0.2, 0) is 14.4 Å². The minimum atomic E-state index is -3.10. The minimum absolute atomic E-state index is 0.0971. The predicted octanol–water partition coefficient (Wildman–Crippen LogP) is 3.86. The monoisotopic (exact) mass is 561 g/mol. The molecule has 1 aromatic carbocycles. The third-order valence-corrected chi connectivity index (χ3v) is 8.82. The first-order valence-corrected chi connectivity index (χ1v) is 14.2. The number of hydrogen-bond donors (Lipinski definition) is 3. The van der Waals surface area contributed by atoms with Crippen LogP contribution in [0.5, 0.6) is 0 Å². The van der Waals surface area contributed by atoms with Gasteiger partial charge in [-0.25, -0.2) is 8.78 Å². The molecule has 0 radical (unpaired) electrons. The van der Waals surface area contributed by atoms with Gasteiger partial charge in [0.05, 0.1) is 12.0 Å². The van der Waals surface area contributed by atoms with Crippen molar-refractivity contribution in [1.29, 1.82) is 5.26 Å². The Morgan fingerprint density at radius 3 is 2.67 bits per heavy atom. The third kappa shape index (κ3) is 6.13. The molecule has 3 saturated heterocycles. The minimum Gasteiger partial charge on any atom is -0.374 e. The van der Waals surface area contributed by atoms with E-state index in [1.165, 1.54) is 4.90 Å². The molecule has 5 aliphatic rings. The number of fused-ring (bicyclic) bond motifs is 3. The summed E-state index contributed by atoms with van der Waals surface area (Å²) in [5.41, 5.74) is 0.644. The van der Waals surface area contributed by atoms with E-state index in [-0.39, 0.29) is 24.7 Å². The summed E-state index contributed by atoms with van der Waals surface area (Å²) in [6.45, 7) is 0.571. The highest BCUT2D eigenvalue weighted by Gasteiger charge is 2.61. The van der Waals surface area contributed by atoms with Gasteiger partial charge < -0.3 is 20.9 Å². The lowest BCUT2D eigenvalue weighted by atomic mass is 9.71. The first kappa shape index (κ1) is 27.6. The zero-order valence-corrected chi connectivity index (χ0v) is 22.4. The second-order valence-corrected chi connectivity index (χ2v) is 11.9. The van der Waals surface area contributed by atoms with E-state index in [9.17, 15) is 19.6 Å². The van der Waals surface area contributed by atoms with Crippen LogP contribution in [0.4, 0.5) is 14.5 Å². The summed E-state index contributed by atoms with van der Waals surface area (Å²) in [5.74, 6) is -5.83. The van der Waals surface area contributed by atoms with Crippen molar-refractivity contribution in [3.05, 3.63) is 29.3 Å². The van der Waals surface area contributed by atoms with Gasteiger partial charge in [-0.1, -0.05) is 30.5 Å². The molecule has 11 heteroatoms. The van der Waals surface area contributed by atoms with E-state index in [0.29, 0.717) is 42.4 Å². The van der Waals surface area contributed by atoms with Gasteiger partial charge in [0.15, 0.2) is 0 Å². The molecule has 1 aromatic rings. The fourth-order valence-electron chi connectivity index (χ4n) is 6.44. The number of carbonyl (C=O) groups is 3. The number of hydrogen-bond acceptors (Lipinski definition) is 5. The van der Waals surface area contributed by atoms with E-state index in [2.05, 4.69) is 16.0 Å². The van der Waals surface area contributed by atoms with Crippen LogP contribution in [0.25, 0.3) is 0 Å². The van der Waals surface area contributed by atoms with E-state index in [1.54, 1.807) is 24.3 Å². The Bertz CT molecular complexity index is 1160. The molecule has 6 atom stereocenters. The second kappa shape index (κ2) is 11.3. The molecule has 2 aliphatic carbocycles. The highest BCUT2D eigenvalue weighted by molar-refractivity contribution is 6.30. The maximum Gasteiger partial charge on any atom is 0.255 e. The number of anilines is 1. The maximum atomic E-state index is 15.1. The number of piperidine rings is 3. The molecule has 0 aromatic heterocycles. The van der Waals surface area contributed by atoms with Gasteiger partial charge in [-0.2, -0.15) is 5.26 Å². The third-order valence-electron chi connectivity index (χ3n) is 8.58. The van der Waals surface area contributed by atoms with Crippen molar-refractivity contribution in [2.24, 2.45) is 17.8 Å². The Labute approximate surface area is 231 Å². The lowest BCUT2D eigenvalue weighted by Crippen LogP contribution is -2.70. The average molecular weight is 562 g/mol. The lowest BCUT2D eigenvalue weighted by Gasteiger charge is -2.54. The summed E-state index contributed by atoms with van der Waals surface area (Å²) in [7, 11) is 0. The van der Waals surface area contributed by atoms with Crippen LogP contribution < -0.4 is 16.0 Å². The molecule has 3 amide bonds. The molecule has 210 valence electrons. The summed E-state index contributed by atoms with van der Waals surface area (Å²) in [6, 6.07) is 5.10. The van der Waals surface area contributed by atoms with Crippen LogP contribution in [-0.4, -0.2) is 59.3 Å². The van der Waals surface area contributed by atoms with E-state index in [1.807, 2.05) is 6.07 Å². The first-order valence-electron chi connectivity index (χ1n) is 13.9. The quantitative estimate of drug-likeness (QED) is 0.424. The number of nitrogens with one attached hydrogen (secondary N) is 3. The summed E-state index contributed by atoms with van der Waals surface area (Å²) < 4.78 is 30.3. The molecule has 3 N–H and O–H groups in total. The molecule has 2 saturated carbocycles. The number of nitrogens with zero attached hydrogens (tertiary/aromatic N) is 2. The zero-order valence-electron chi connectivity index (χ0n) is 21.7. The van der Waals surface area contributed by atoms with E-state index in [0.717, 1.165) is 19.3 Å². The number of amides is 3. The average Bonchev–Trinajstić information content (AvgIpc) is 3.72. The normalized spacial score (nSPS) is 29.1. The van der Waals surface area contributed by atoms with Crippen molar-refractivity contribution in [3.8, 4) is 6.07 Å². The Hall–Kier alpha value is -2.93. The summed E-state index contributed by atoms with van der Waals surface area (Å²) in [5, 5.41) is 18.9. The van der Waals surface area contributed by atoms with Gasteiger partial charge in [0.1, 0.15) is 18.1 Å². The van der Waals surface area contributed by atoms with Crippen LogP contribution in [0, 0.1) is 29.1 Å². The van der Waals surface area contributed by atoms with E-state index >= 15 is 8.78 Å².